The molecule has 4 aromatic rings. The van der Waals surface area contributed by atoms with Gasteiger partial charge in [0.25, 0.3) is 0 Å². The molecule has 1 nitrogen and oxygen atoms in total. The minimum atomic E-state index is -2.22. The molecule has 4 rings (SSSR count). The van der Waals surface area contributed by atoms with Gasteiger partial charge in [0.2, 0.25) is 5.78 Å². The van der Waals surface area contributed by atoms with Gasteiger partial charge < -0.3 is 0 Å². The summed E-state index contributed by atoms with van der Waals surface area (Å²) in [6.07, 6.45) is 0. The van der Waals surface area contributed by atoms with Crippen molar-refractivity contribution in [1.29, 1.82) is 0 Å². The molecule has 142 valence electrons. The number of ketones is 1. The highest BCUT2D eigenvalue weighted by molar-refractivity contribution is 7.96. The van der Waals surface area contributed by atoms with Gasteiger partial charge in [-0.05, 0) is 43.3 Å². The number of carbonyl (C=O) groups is 1. The Balaban J connectivity index is 2.01. The van der Waals surface area contributed by atoms with Crippen LogP contribution in [0.3, 0.4) is 0 Å². The molecule has 0 aromatic heterocycles. The van der Waals surface area contributed by atoms with Crippen LogP contribution in [0.15, 0.2) is 121 Å². The summed E-state index contributed by atoms with van der Waals surface area (Å²) in [5.41, 5.74) is 0.587. The Morgan fingerprint density at radius 2 is 0.862 bits per heavy atom. The standard InChI is InChI=1S/C27H24OP/c1-22(27(28)23-14-6-2-7-15-23)29(24-16-8-3-9-17-24,25-18-10-4-11-19-25)26-20-12-5-13-21-26/h2-22H,1H3/q+1. The molecule has 0 aliphatic rings. The van der Waals surface area contributed by atoms with Crippen LogP contribution >= 0.6 is 7.26 Å². The quantitative estimate of drug-likeness (QED) is 0.322. The monoisotopic (exact) mass is 395 g/mol. The van der Waals surface area contributed by atoms with Gasteiger partial charge in [-0.2, -0.15) is 0 Å². The zero-order valence-corrected chi connectivity index (χ0v) is 17.4. The summed E-state index contributed by atoms with van der Waals surface area (Å²) >= 11 is 0. The van der Waals surface area contributed by atoms with E-state index in [4.69, 9.17) is 0 Å². The van der Waals surface area contributed by atoms with Crippen molar-refractivity contribution < 1.29 is 4.79 Å². The van der Waals surface area contributed by atoms with Crippen molar-refractivity contribution >= 4 is 29.0 Å². The van der Waals surface area contributed by atoms with E-state index in [1.807, 2.05) is 48.5 Å². The van der Waals surface area contributed by atoms with Crippen LogP contribution in [0.5, 0.6) is 0 Å². The van der Waals surface area contributed by atoms with E-state index in [0.717, 1.165) is 5.56 Å². The average molecular weight is 395 g/mol. The number of Topliss-reactive ketones (excluding diaryl/α,β-unsaturated/α-hetero) is 1. The van der Waals surface area contributed by atoms with Crippen molar-refractivity contribution in [2.45, 2.75) is 12.6 Å². The first kappa shape index (κ1) is 19.3. The van der Waals surface area contributed by atoms with Gasteiger partial charge in [0, 0.05) is 5.56 Å². The molecule has 0 aliphatic heterocycles. The zero-order valence-electron chi connectivity index (χ0n) is 16.5. The molecule has 4 aromatic carbocycles. The first-order valence-electron chi connectivity index (χ1n) is 9.89. The van der Waals surface area contributed by atoms with E-state index in [-0.39, 0.29) is 11.4 Å². The van der Waals surface area contributed by atoms with Crippen molar-refractivity contribution in [1.82, 2.24) is 0 Å². The maximum Gasteiger partial charge on any atom is 0.203 e. The van der Waals surface area contributed by atoms with Crippen molar-refractivity contribution in [3.8, 4) is 0 Å². The van der Waals surface area contributed by atoms with Gasteiger partial charge in [-0.15, -0.1) is 0 Å². The summed E-state index contributed by atoms with van der Waals surface area (Å²) in [5.74, 6) is 0.190. The second kappa shape index (κ2) is 8.55. The third kappa shape index (κ3) is 3.55. The van der Waals surface area contributed by atoms with E-state index in [9.17, 15) is 4.79 Å². The zero-order chi connectivity index (χ0) is 20.1. The summed E-state index contributed by atoms with van der Waals surface area (Å²) in [6, 6.07) is 41.4. The van der Waals surface area contributed by atoms with Crippen molar-refractivity contribution in [3.63, 3.8) is 0 Å². The molecular weight excluding hydrogens is 371 g/mol. The van der Waals surface area contributed by atoms with E-state index in [1.54, 1.807) is 0 Å². The Bertz CT molecular complexity index is 964. The van der Waals surface area contributed by atoms with Gasteiger partial charge in [0.15, 0.2) is 0 Å². The third-order valence-electron chi connectivity index (χ3n) is 5.51. The summed E-state index contributed by atoms with van der Waals surface area (Å²) < 4.78 is 0. The number of rotatable bonds is 6. The molecule has 0 amide bonds. The average Bonchev–Trinajstić information content (AvgIpc) is 2.82. The molecule has 0 radical (unpaired) electrons. The molecule has 0 N–H and O–H groups in total. The Hall–Kier alpha value is -3.02. The van der Waals surface area contributed by atoms with Crippen LogP contribution < -0.4 is 15.9 Å². The molecule has 0 heterocycles. The molecule has 0 saturated carbocycles. The van der Waals surface area contributed by atoms with E-state index in [2.05, 4.69) is 79.7 Å². The molecule has 2 heteroatoms. The first-order chi connectivity index (χ1) is 14.2. The Kier molecular flexibility index (Phi) is 5.69. The summed E-state index contributed by atoms with van der Waals surface area (Å²) in [5, 5.41) is 3.69. The predicted molar refractivity (Wildman–Crippen MR) is 125 cm³/mol. The minimum absolute atomic E-state index is 0.183. The van der Waals surface area contributed by atoms with Crippen LogP contribution in [-0.4, -0.2) is 11.4 Å². The van der Waals surface area contributed by atoms with Crippen molar-refractivity contribution in [3.05, 3.63) is 127 Å². The smallest absolute Gasteiger partial charge is 0.203 e. The molecule has 0 fully saturated rings. The van der Waals surface area contributed by atoms with Crippen LogP contribution in [0.1, 0.15) is 17.3 Å². The van der Waals surface area contributed by atoms with Crippen LogP contribution in [0, 0.1) is 0 Å². The molecule has 0 bridgehead atoms. The lowest BCUT2D eigenvalue weighted by Crippen LogP contribution is -2.41. The fraction of sp³-hybridized carbons (Fsp3) is 0.0741. The molecule has 29 heavy (non-hydrogen) atoms. The fourth-order valence-electron chi connectivity index (χ4n) is 4.13. The summed E-state index contributed by atoms with van der Waals surface area (Å²) in [7, 11) is -2.22. The largest absolute Gasteiger partial charge is 0.290 e. The lowest BCUT2D eigenvalue weighted by Gasteiger charge is -2.32. The topological polar surface area (TPSA) is 17.1 Å². The maximum absolute atomic E-state index is 13.7. The van der Waals surface area contributed by atoms with Crippen molar-refractivity contribution in [2.24, 2.45) is 0 Å². The highest BCUT2D eigenvalue weighted by Crippen LogP contribution is 2.60. The van der Waals surface area contributed by atoms with Gasteiger partial charge in [0.05, 0.1) is 0 Å². The second-order valence-corrected chi connectivity index (χ2v) is 10.9. The van der Waals surface area contributed by atoms with Crippen LogP contribution in [-0.2, 0) is 0 Å². The second-order valence-electron chi connectivity index (χ2n) is 7.14. The first-order valence-corrected chi connectivity index (χ1v) is 11.7. The van der Waals surface area contributed by atoms with Crippen LogP contribution in [0.2, 0.25) is 0 Å². The molecular formula is C27H24OP+. The van der Waals surface area contributed by atoms with E-state index < -0.39 is 7.26 Å². The summed E-state index contributed by atoms with van der Waals surface area (Å²) in [4.78, 5) is 13.7. The summed E-state index contributed by atoms with van der Waals surface area (Å²) in [6.45, 7) is 2.11. The Labute approximate surface area is 173 Å². The van der Waals surface area contributed by atoms with Gasteiger partial charge in [0.1, 0.15) is 28.8 Å². The Morgan fingerprint density at radius 3 is 1.21 bits per heavy atom. The van der Waals surface area contributed by atoms with Gasteiger partial charge in [-0.1, -0.05) is 84.9 Å². The SMILES string of the molecule is CC(C(=O)c1ccccc1)[P+](c1ccccc1)(c1ccccc1)c1ccccc1. The van der Waals surface area contributed by atoms with Gasteiger partial charge >= 0.3 is 0 Å². The lowest BCUT2D eigenvalue weighted by atomic mass is 10.1. The van der Waals surface area contributed by atoms with E-state index in [1.165, 1.54) is 15.9 Å². The molecule has 0 spiro atoms. The highest BCUT2D eigenvalue weighted by Gasteiger charge is 2.53. The molecule has 1 unspecified atom stereocenters. The maximum atomic E-state index is 13.7. The van der Waals surface area contributed by atoms with E-state index in [0.29, 0.717) is 0 Å². The highest BCUT2D eigenvalue weighted by atomic mass is 31.2. The number of benzene rings is 4. The normalized spacial score (nSPS) is 12.3. The van der Waals surface area contributed by atoms with Crippen LogP contribution in [0.25, 0.3) is 0 Å². The predicted octanol–water partition coefficient (Wildman–Crippen LogP) is 5.25. The van der Waals surface area contributed by atoms with Gasteiger partial charge in [-0.25, -0.2) is 0 Å². The molecule has 0 saturated heterocycles. The fourth-order valence-corrected chi connectivity index (χ4v) is 8.79. The van der Waals surface area contributed by atoms with Crippen LogP contribution in [0.4, 0.5) is 0 Å². The third-order valence-corrected chi connectivity index (χ3v) is 10.2. The van der Waals surface area contributed by atoms with E-state index >= 15 is 0 Å². The number of hydrogen-bond acceptors (Lipinski definition) is 1. The molecule has 0 aliphatic carbocycles. The number of carbonyl (C=O) groups excluding carboxylic acids is 1. The Morgan fingerprint density at radius 1 is 0.552 bits per heavy atom. The van der Waals surface area contributed by atoms with Gasteiger partial charge in [-0.3, -0.25) is 4.79 Å². The van der Waals surface area contributed by atoms with Crippen molar-refractivity contribution in [2.75, 3.05) is 0 Å². The minimum Gasteiger partial charge on any atom is -0.290 e. The molecule has 1 atom stereocenters. The number of hydrogen-bond donors (Lipinski definition) is 0. The lowest BCUT2D eigenvalue weighted by molar-refractivity contribution is 0.0992.